The summed E-state index contributed by atoms with van der Waals surface area (Å²) in [6.45, 7) is 9.97. The monoisotopic (exact) mass is 376 g/mol. The minimum atomic E-state index is -0.114. The van der Waals surface area contributed by atoms with Gasteiger partial charge in [0.1, 0.15) is 0 Å². The van der Waals surface area contributed by atoms with Gasteiger partial charge in [-0.25, -0.2) is 0 Å². The van der Waals surface area contributed by atoms with Crippen LogP contribution < -0.4 is 0 Å². The molecule has 0 heterocycles. The number of allylic oxidation sites excluding steroid dienone is 3. The van der Waals surface area contributed by atoms with Crippen molar-refractivity contribution in [3.05, 3.63) is 53.1 Å². The van der Waals surface area contributed by atoms with Crippen LogP contribution in [0, 0.1) is 34.5 Å². The van der Waals surface area contributed by atoms with Gasteiger partial charge in [0, 0.05) is 0 Å². The van der Waals surface area contributed by atoms with E-state index in [1.165, 1.54) is 31.2 Å². The highest BCUT2D eigenvalue weighted by Crippen LogP contribution is 2.68. The molecule has 0 spiro atoms. The Hall–Kier alpha value is -1.34. The Bertz CT molecular complexity index is 833. The third kappa shape index (κ3) is 2.48. The van der Waals surface area contributed by atoms with E-state index in [4.69, 9.17) is 0 Å². The summed E-state index contributed by atoms with van der Waals surface area (Å²) in [5, 5.41) is 10.3. The zero-order valence-electron chi connectivity index (χ0n) is 18.0. The van der Waals surface area contributed by atoms with Crippen LogP contribution in [0.1, 0.15) is 71.8 Å². The number of rotatable bonds is 1. The molecule has 2 unspecified atom stereocenters. The lowest BCUT2D eigenvalue weighted by Crippen LogP contribution is -2.52. The van der Waals surface area contributed by atoms with Gasteiger partial charge in [-0.2, -0.15) is 0 Å². The molecule has 1 N–H and O–H groups in total. The molecule has 5 rings (SSSR count). The zero-order valence-corrected chi connectivity index (χ0v) is 18.0. The predicted octanol–water partition coefficient (Wildman–Crippen LogP) is 6.64. The van der Waals surface area contributed by atoms with Crippen LogP contribution in [0.4, 0.5) is 0 Å². The third-order valence-corrected chi connectivity index (χ3v) is 9.38. The molecule has 0 radical (unpaired) electrons. The van der Waals surface area contributed by atoms with Gasteiger partial charge in [0.2, 0.25) is 0 Å². The number of hydrogen-bond donors (Lipinski definition) is 1. The Balaban J connectivity index is 1.55. The standard InChI is InChI=1S/C27H36O/c1-17-14-20-16-21(28)10-12-26(20,3)22-11-13-27(4)23(24(17)22)15-18(2)25(27)19-8-6-5-7-9-19/h5-9,14,17,21-24,28H,10-13,15-16H2,1-4H3/t17?,21?,22-,23+,24-,26+,27+/m1/s1. The average Bonchev–Trinajstić information content (AvgIpc) is 2.94. The number of benzene rings is 1. The van der Waals surface area contributed by atoms with Gasteiger partial charge in [-0.3, -0.25) is 0 Å². The zero-order chi connectivity index (χ0) is 19.7. The van der Waals surface area contributed by atoms with E-state index < -0.39 is 0 Å². The fourth-order valence-electron chi connectivity index (χ4n) is 8.11. The first-order valence-corrected chi connectivity index (χ1v) is 11.5. The van der Waals surface area contributed by atoms with Crippen LogP contribution in [0.25, 0.3) is 5.57 Å². The topological polar surface area (TPSA) is 20.2 Å². The largest absolute Gasteiger partial charge is 0.393 e. The molecule has 0 aromatic heterocycles. The summed E-state index contributed by atoms with van der Waals surface area (Å²) in [6.07, 6.45) is 9.48. The minimum absolute atomic E-state index is 0.114. The first kappa shape index (κ1) is 18.7. The molecule has 4 aliphatic carbocycles. The summed E-state index contributed by atoms with van der Waals surface area (Å²) >= 11 is 0. The molecule has 4 aliphatic rings. The van der Waals surface area contributed by atoms with Crippen molar-refractivity contribution in [3.63, 3.8) is 0 Å². The van der Waals surface area contributed by atoms with Gasteiger partial charge in [0.15, 0.2) is 0 Å². The number of hydrogen-bond acceptors (Lipinski definition) is 1. The maximum Gasteiger partial charge on any atom is 0.0577 e. The van der Waals surface area contributed by atoms with Gasteiger partial charge in [-0.1, -0.05) is 68.3 Å². The highest BCUT2D eigenvalue weighted by atomic mass is 16.3. The quantitative estimate of drug-likeness (QED) is 0.545. The highest BCUT2D eigenvalue weighted by molar-refractivity contribution is 5.75. The molecule has 150 valence electrons. The van der Waals surface area contributed by atoms with Crippen LogP contribution in [0.3, 0.4) is 0 Å². The molecule has 7 atom stereocenters. The Morgan fingerprint density at radius 3 is 2.39 bits per heavy atom. The van der Waals surface area contributed by atoms with Crippen LogP contribution in [0.15, 0.2) is 47.6 Å². The van der Waals surface area contributed by atoms with E-state index in [2.05, 4.69) is 64.1 Å². The van der Waals surface area contributed by atoms with Crippen LogP contribution in [-0.4, -0.2) is 11.2 Å². The maximum absolute atomic E-state index is 10.3. The van der Waals surface area contributed by atoms with Crippen LogP contribution in [-0.2, 0) is 0 Å². The van der Waals surface area contributed by atoms with Crippen molar-refractivity contribution in [2.45, 2.75) is 72.3 Å². The first-order valence-electron chi connectivity index (χ1n) is 11.5. The summed E-state index contributed by atoms with van der Waals surface area (Å²) < 4.78 is 0. The second-order valence-electron chi connectivity index (χ2n) is 10.8. The van der Waals surface area contributed by atoms with Crippen molar-refractivity contribution >= 4 is 5.57 Å². The van der Waals surface area contributed by atoms with Crippen molar-refractivity contribution < 1.29 is 5.11 Å². The Kier molecular flexibility index (Phi) is 4.22. The smallest absolute Gasteiger partial charge is 0.0577 e. The van der Waals surface area contributed by atoms with E-state index in [-0.39, 0.29) is 6.10 Å². The summed E-state index contributed by atoms with van der Waals surface area (Å²) in [7, 11) is 0. The van der Waals surface area contributed by atoms with E-state index >= 15 is 0 Å². The predicted molar refractivity (Wildman–Crippen MR) is 117 cm³/mol. The molecule has 1 nitrogen and oxygen atoms in total. The van der Waals surface area contributed by atoms with Crippen molar-refractivity contribution in [2.24, 2.45) is 34.5 Å². The molecule has 28 heavy (non-hydrogen) atoms. The van der Waals surface area contributed by atoms with Crippen LogP contribution in [0.5, 0.6) is 0 Å². The van der Waals surface area contributed by atoms with E-state index in [0.717, 1.165) is 30.6 Å². The first-order chi connectivity index (χ1) is 13.3. The molecule has 1 aromatic carbocycles. The molecular formula is C27H36O. The van der Waals surface area contributed by atoms with Crippen molar-refractivity contribution in [1.82, 2.24) is 0 Å². The summed E-state index contributed by atoms with van der Waals surface area (Å²) in [5.74, 6) is 2.96. The molecule has 0 aliphatic heterocycles. The Labute approximate surface area is 170 Å². The van der Waals surface area contributed by atoms with Crippen LogP contribution in [0.2, 0.25) is 0 Å². The summed E-state index contributed by atoms with van der Waals surface area (Å²) in [6, 6.07) is 11.2. The second kappa shape index (κ2) is 6.33. The normalized spacial score (nSPS) is 45.2. The van der Waals surface area contributed by atoms with Gasteiger partial charge in [0.25, 0.3) is 0 Å². The van der Waals surface area contributed by atoms with Gasteiger partial charge >= 0.3 is 0 Å². The molecule has 2 saturated carbocycles. The molecule has 0 bridgehead atoms. The van der Waals surface area contributed by atoms with Gasteiger partial charge in [-0.15, -0.1) is 0 Å². The van der Waals surface area contributed by atoms with Crippen LogP contribution >= 0.6 is 0 Å². The van der Waals surface area contributed by atoms with E-state index in [1.807, 2.05) is 0 Å². The molecule has 1 heteroatoms. The number of aliphatic hydroxyl groups excluding tert-OH is 1. The maximum atomic E-state index is 10.3. The number of fused-ring (bicyclic) bond motifs is 5. The van der Waals surface area contributed by atoms with E-state index in [1.54, 1.807) is 16.7 Å². The van der Waals surface area contributed by atoms with Crippen molar-refractivity contribution in [2.75, 3.05) is 0 Å². The third-order valence-electron chi connectivity index (χ3n) is 9.38. The van der Waals surface area contributed by atoms with Gasteiger partial charge in [-0.05, 0) is 91.1 Å². The molecule has 1 aromatic rings. The van der Waals surface area contributed by atoms with Crippen molar-refractivity contribution in [3.8, 4) is 0 Å². The molecule has 2 fully saturated rings. The highest BCUT2D eigenvalue weighted by Gasteiger charge is 2.59. The number of aliphatic hydroxyl groups is 1. The molecule has 0 saturated heterocycles. The Morgan fingerprint density at radius 2 is 1.64 bits per heavy atom. The fraction of sp³-hybridized carbons (Fsp3) is 0.630. The average molecular weight is 377 g/mol. The lowest BCUT2D eigenvalue weighted by Gasteiger charge is -2.59. The lowest BCUT2D eigenvalue weighted by molar-refractivity contribution is -0.0428. The fourth-order valence-corrected chi connectivity index (χ4v) is 8.11. The van der Waals surface area contributed by atoms with Crippen molar-refractivity contribution in [1.29, 1.82) is 0 Å². The Morgan fingerprint density at radius 1 is 0.929 bits per heavy atom. The summed E-state index contributed by atoms with van der Waals surface area (Å²) in [5.41, 5.74) is 6.95. The van der Waals surface area contributed by atoms with E-state index in [0.29, 0.717) is 16.7 Å². The second-order valence-corrected chi connectivity index (χ2v) is 10.8. The van der Waals surface area contributed by atoms with E-state index in [9.17, 15) is 5.11 Å². The molecule has 0 amide bonds. The summed E-state index contributed by atoms with van der Waals surface area (Å²) in [4.78, 5) is 0. The molecular weight excluding hydrogens is 340 g/mol. The van der Waals surface area contributed by atoms with Gasteiger partial charge < -0.3 is 5.11 Å². The minimum Gasteiger partial charge on any atom is -0.393 e. The van der Waals surface area contributed by atoms with Gasteiger partial charge in [0.05, 0.1) is 6.10 Å². The lowest BCUT2D eigenvalue weighted by atomic mass is 9.45. The SMILES string of the molecule is CC1=C(c2ccccc2)[C@@]2(C)CC[C@@H]3[C@@H](C(C)C=C4CC(O)CC[C@@]43C)[C@@H]2C1.